The van der Waals surface area contributed by atoms with Gasteiger partial charge in [0, 0.05) is 6.07 Å². The maximum Gasteiger partial charge on any atom is 0.343 e. The minimum atomic E-state index is -0.491. The van der Waals surface area contributed by atoms with E-state index in [4.69, 9.17) is 14.7 Å². The minimum absolute atomic E-state index is 0.250. The number of methoxy groups -OCH3 is 1. The Balaban J connectivity index is 2.35. The Morgan fingerprint density at radius 1 is 1.25 bits per heavy atom. The zero-order valence-electron chi connectivity index (χ0n) is 10.6. The first kappa shape index (κ1) is 14.1. The first-order chi connectivity index (χ1) is 9.65. The number of rotatable bonds is 3. The molecule has 100 valence electrons. The van der Waals surface area contributed by atoms with Gasteiger partial charge >= 0.3 is 5.97 Å². The van der Waals surface area contributed by atoms with E-state index in [0.717, 1.165) is 0 Å². The molecule has 2 rings (SSSR count). The largest absolute Gasteiger partial charge is 0.493 e. The van der Waals surface area contributed by atoms with Crippen molar-refractivity contribution in [3.8, 4) is 17.6 Å². The molecule has 0 atom stereocenters. The number of carbonyl (C=O) groups excluding carboxylic acids is 1. The van der Waals surface area contributed by atoms with Crippen LogP contribution in [0.2, 0.25) is 0 Å². The van der Waals surface area contributed by atoms with Crippen LogP contribution >= 0.6 is 15.9 Å². The lowest BCUT2D eigenvalue weighted by Gasteiger charge is -2.11. The molecule has 4 nitrogen and oxygen atoms in total. The smallest absolute Gasteiger partial charge is 0.343 e. The number of esters is 1. The van der Waals surface area contributed by atoms with Gasteiger partial charge in [-0.2, -0.15) is 5.26 Å². The predicted octanol–water partition coefficient (Wildman–Crippen LogP) is 3.55. The number of hydrogen-bond donors (Lipinski definition) is 0. The van der Waals surface area contributed by atoms with Gasteiger partial charge in [-0.1, -0.05) is 18.2 Å². The number of nitrogens with zero attached hydrogens (tertiary/aromatic N) is 1. The number of hydrogen-bond acceptors (Lipinski definition) is 4. The molecule has 0 unspecified atom stereocenters. The summed E-state index contributed by atoms with van der Waals surface area (Å²) in [5, 5.41) is 8.90. The van der Waals surface area contributed by atoms with Gasteiger partial charge in [0.1, 0.15) is 0 Å². The predicted molar refractivity (Wildman–Crippen MR) is 76.8 cm³/mol. The monoisotopic (exact) mass is 331 g/mol. The summed E-state index contributed by atoms with van der Waals surface area (Å²) >= 11 is 3.27. The van der Waals surface area contributed by atoms with Crippen molar-refractivity contribution in [3.05, 3.63) is 58.1 Å². The van der Waals surface area contributed by atoms with Crippen LogP contribution in [-0.2, 0) is 0 Å². The third kappa shape index (κ3) is 2.98. The molecule has 5 heteroatoms. The van der Waals surface area contributed by atoms with Crippen LogP contribution in [0.5, 0.6) is 11.5 Å². The molecule has 0 saturated heterocycles. The van der Waals surface area contributed by atoms with Crippen molar-refractivity contribution in [3.63, 3.8) is 0 Å². The molecule has 0 saturated carbocycles. The molecule has 0 heterocycles. The van der Waals surface area contributed by atoms with Gasteiger partial charge < -0.3 is 9.47 Å². The van der Waals surface area contributed by atoms with E-state index in [1.165, 1.54) is 13.2 Å². The second-order valence-electron chi connectivity index (χ2n) is 3.86. The zero-order chi connectivity index (χ0) is 14.5. The third-order valence-corrected chi connectivity index (χ3v) is 3.15. The highest BCUT2D eigenvalue weighted by molar-refractivity contribution is 9.10. The van der Waals surface area contributed by atoms with Gasteiger partial charge in [0.25, 0.3) is 0 Å². The Kier molecular flexibility index (Phi) is 4.38. The number of benzene rings is 2. The molecule has 0 spiro atoms. The number of carbonyl (C=O) groups is 1. The second-order valence-corrected chi connectivity index (χ2v) is 4.71. The molecule has 0 N–H and O–H groups in total. The van der Waals surface area contributed by atoms with Crippen LogP contribution in [0.25, 0.3) is 0 Å². The molecule has 0 aliphatic heterocycles. The van der Waals surface area contributed by atoms with Crippen molar-refractivity contribution in [1.82, 2.24) is 0 Å². The van der Waals surface area contributed by atoms with E-state index in [-0.39, 0.29) is 5.75 Å². The van der Waals surface area contributed by atoms with Gasteiger partial charge in [-0.25, -0.2) is 4.79 Å². The Morgan fingerprint density at radius 2 is 1.95 bits per heavy atom. The molecule has 0 aromatic heterocycles. The van der Waals surface area contributed by atoms with Gasteiger partial charge in [0.2, 0.25) is 0 Å². The van der Waals surface area contributed by atoms with Gasteiger partial charge in [-0.05, 0) is 34.1 Å². The summed E-state index contributed by atoms with van der Waals surface area (Å²) in [6.07, 6.45) is 0. The molecule has 2 aromatic rings. The fraction of sp³-hybridized carbons (Fsp3) is 0.0667. The first-order valence-electron chi connectivity index (χ1n) is 5.70. The zero-order valence-corrected chi connectivity index (χ0v) is 12.2. The van der Waals surface area contributed by atoms with Crippen LogP contribution in [0.1, 0.15) is 15.9 Å². The topological polar surface area (TPSA) is 59.3 Å². The van der Waals surface area contributed by atoms with Gasteiger partial charge in [0.05, 0.1) is 28.8 Å². The van der Waals surface area contributed by atoms with Gasteiger partial charge in [-0.15, -0.1) is 0 Å². The summed E-state index contributed by atoms with van der Waals surface area (Å²) in [5.41, 5.74) is 0.846. The SMILES string of the molecule is COc1cc(C#N)cc(Br)c1OC(=O)c1ccccc1. The van der Waals surface area contributed by atoms with E-state index in [1.807, 2.05) is 12.1 Å². The van der Waals surface area contributed by atoms with E-state index < -0.39 is 5.97 Å². The molecule has 2 aromatic carbocycles. The molecule has 0 aliphatic carbocycles. The van der Waals surface area contributed by atoms with Crippen molar-refractivity contribution in [2.45, 2.75) is 0 Å². The van der Waals surface area contributed by atoms with Crippen molar-refractivity contribution in [2.24, 2.45) is 0 Å². The maximum absolute atomic E-state index is 12.0. The van der Waals surface area contributed by atoms with E-state index in [0.29, 0.717) is 21.3 Å². The van der Waals surface area contributed by atoms with Crippen LogP contribution < -0.4 is 9.47 Å². The summed E-state index contributed by atoms with van der Waals surface area (Å²) in [4.78, 5) is 12.0. The lowest BCUT2D eigenvalue weighted by atomic mass is 10.2. The lowest BCUT2D eigenvalue weighted by molar-refractivity contribution is 0.0728. The fourth-order valence-electron chi connectivity index (χ4n) is 1.61. The van der Waals surface area contributed by atoms with E-state index in [2.05, 4.69) is 15.9 Å². The van der Waals surface area contributed by atoms with Crippen LogP contribution in [0.15, 0.2) is 46.9 Å². The molecule has 0 radical (unpaired) electrons. The molecular weight excluding hydrogens is 322 g/mol. The number of ether oxygens (including phenoxy) is 2. The molecular formula is C15H10BrNO3. The fourth-order valence-corrected chi connectivity index (χ4v) is 2.13. The average molecular weight is 332 g/mol. The number of nitriles is 1. The Labute approximate surface area is 124 Å². The van der Waals surface area contributed by atoms with E-state index in [1.54, 1.807) is 30.3 Å². The standard InChI is InChI=1S/C15H10BrNO3/c1-19-13-8-10(9-17)7-12(16)14(13)20-15(18)11-5-3-2-4-6-11/h2-8H,1H3. The van der Waals surface area contributed by atoms with Crippen molar-refractivity contribution < 1.29 is 14.3 Å². The van der Waals surface area contributed by atoms with Crippen LogP contribution in [0.3, 0.4) is 0 Å². The van der Waals surface area contributed by atoms with Crippen molar-refractivity contribution in [1.29, 1.82) is 5.26 Å². The van der Waals surface area contributed by atoms with Crippen molar-refractivity contribution in [2.75, 3.05) is 7.11 Å². The number of halogens is 1. The summed E-state index contributed by atoms with van der Waals surface area (Å²) < 4.78 is 11.0. The summed E-state index contributed by atoms with van der Waals surface area (Å²) in [6, 6.07) is 13.7. The highest BCUT2D eigenvalue weighted by Gasteiger charge is 2.16. The minimum Gasteiger partial charge on any atom is -0.493 e. The highest BCUT2D eigenvalue weighted by atomic mass is 79.9. The quantitative estimate of drug-likeness (QED) is 0.637. The van der Waals surface area contributed by atoms with Crippen LogP contribution in [0, 0.1) is 11.3 Å². The third-order valence-electron chi connectivity index (χ3n) is 2.56. The maximum atomic E-state index is 12.0. The summed E-state index contributed by atoms with van der Waals surface area (Å²) in [6.45, 7) is 0. The Hall–Kier alpha value is -2.32. The summed E-state index contributed by atoms with van der Waals surface area (Å²) in [5.74, 6) is 0.0786. The molecule has 0 amide bonds. The molecule has 20 heavy (non-hydrogen) atoms. The summed E-state index contributed by atoms with van der Waals surface area (Å²) in [7, 11) is 1.45. The normalized spacial score (nSPS) is 9.65. The molecule has 0 bridgehead atoms. The van der Waals surface area contributed by atoms with Crippen LogP contribution in [0.4, 0.5) is 0 Å². The van der Waals surface area contributed by atoms with Gasteiger partial charge in [0.15, 0.2) is 11.5 Å². The highest BCUT2D eigenvalue weighted by Crippen LogP contribution is 2.36. The Bertz CT molecular complexity index is 678. The lowest BCUT2D eigenvalue weighted by Crippen LogP contribution is -2.09. The average Bonchev–Trinajstić information content (AvgIpc) is 2.49. The van der Waals surface area contributed by atoms with Crippen LogP contribution in [-0.4, -0.2) is 13.1 Å². The first-order valence-corrected chi connectivity index (χ1v) is 6.50. The molecule has 0 fully saturated rings. The van der Waals surface area contributed by atoms with Crippen molar-refractivity contribution >= 4 is 21.9 Å². The Morgan fingerprint density at radius 3 is 2.55 bits per heavy atom. The molecule has 0 aliphatic rings. The van der Waals surface area contributed by atoms with Gasteiger partial charge in [-0.3, -0.25) is 0 Å². The van der Waals surface area contributed by atoms with E-state index in [9.17, 15) is 4.79 Å². The van der Waals surface area contributed by atoms with E-state index >= 15 is 0 Å². The second kappa shape index (κ2) is 6.22.